The molecule has 0 amide bonds. The Balaban J connectivity index is 0.00000357. The number of nitrogens with zero attached hydrogens (tertiary/aromatic N) is 4. The summed E-state index contributed by atoms with van der Waals surface area (Å²) < 4.78 is 48.1. The molecule has 0 aliphatic carbocycles. The maximum Gasteiger partial charge on any atom is 2.00 e. The van der Waals surface area contributed by atoms with Gasteiger partial charge in [0.15, 0.2) is 9.84 Å². The molecule has 0 aliphatic rings. The molecule has 0 bridgehead atoms. The molecule has 45 heavy (non-hydrogen) atoms. The second-order valence-corrected chi connectivity index (χ2v) is 12.7. The van der Waals surface area contributed by atoms with E-state index in [9.17, 15) is 12.8 Å². The van der Waals surface area contributed by atoms with Crippen LogP contribution < -0.4 is 4.74 Å². The van der Waals surface area contributed by atoms with Crippen LogP contribution in [0.3, 0.4) is 0 Å². The normalized spacial score (nSPS) is 11.6. The molecule has 0 spiro atoms. The molecule has 3 heterocycles. The minimum Gasteiger partial charge on any atom is -0.509 e. The number of hydrogen-bond acceptors (Lipinski definition) is 5. The van der Waals surface area contributed by atoms with Gasteiger partial charge in [0.2, 0.25) is 0 Å². The van der Waals surface area contributed by atoms with Gasteiger partial charge in [-0.3, -0.25) is 4.68 Å². The Morgan fingerprint density at radius 2 is 1.62 bits per heavy atom. The van der Waals surface area contributed by atoms with Gasteiger partial charge in [0.25, 0.3) is 0 Å². The zero-order valence-corrected chi connectivity index (χ0v) is 27.4. The number of fused-ring (bicyclic) bond motifs is 3. The van der Waals surface area contributed by atoms with Crippen molar-refractivity contribution in [2.75, 3.05) is 6.26 Å². The van der Waals surface area contributed by atoms with Gasteiger partial charge >= 0.3 is 21.1 Å². The summed E-state index contributed by atoms with van der Waals surface area (Å²) in [4.78, 5) is 4.71. The molecule has 0 saturated heterocycles. The number of aryl methyl sites for hydroxylation is 2. The van der Waals surface area contributed by atoms with E-state index in [0.29, 0.717) is 33.4 Å². The monoisotopic (exact) mass is 795 g/mol. The van der Waals surface area contributed by atoms with Gasteiger partial charge < -0.3 is 9.30 Å². The van der Waals surface area contributed by atoms with Gasteiger partial charge in [-0.1, -0.05) is 23.7 Å². The van der Waals surface area contributed by atoms with E-state index in [-0.39, 0.29) is 26.9 Å². The van der Waals surface area contributed by atoms with E-state index in [1.54, 1.807) is 29.1 Å². The fourth-order valence-electron chi connectivity index (χ4n) is 5.61. The van der Waals surface area contributed by atoms with Crippen molar-refractivity contribution in [1.82, 2.24) is 19.3 Å². The van der Waals surface area contributed by atoms with Crippen molar-refractivity contribution in [1.29, 1.82) is 0 Å². The summed E-state index contributed by atoms with van der Waals surface area (Å²) in [7, 11) is -3.31. The topological polar surface area (TPSA) is 79.0 Å². The summed E-state index contributed by atoms with van der Waals surface area (Å²) in [5.41, 5.74) is 5.75. The maximum absolute atomic E-state index is 14.2. The second kappa shape index (κ2) is 11.7. The average Bonchev–Trinajstić information content (AvgIpc) is 3.59. The number of benzene rings is 4. The van der Waals surface area contributed by atoms with Crippen LogP contribution in [0.5, 0.6) is 11.5 Å². The number of aromatic nitrogens is 4. The first-order chi connectivity index (χ1) is 21.2. The van der Waals surface area contributed by atoms with Gasteiger partial charge in [-0.15, -0.1) is 35.7 Å². The predicted octanol–water partition coefficient (Wildman–Crippen LogP) is 7.58. The van der Waals surface area contributed by atoms with Gasteiger partial charge in [-0.25, -0.2) is 17.8 Å². The van der Waals surface area contributed by atoms with Crippen LogP contribution in [0.2, 0.25) is 0 Å². The van der Waals surface area contributed by atoms with E-state index >= 15 is 0 Å². The fourth-order valence-corrected chi connectivity index (χ4v) is 6.39. The molecule has 0 saturated carbocycles. The number of hydrogen-bond donors (Lipinski definition) is 0. The van der Waals surface area contributed by atoms with E-state index in [1.165, 1.54) is 24.6 Å². The van der Waals surface area contributed by atoms with Crippen LogP contribution in [0.25, 0.3) is 44.4 Å². The maximum atomic E-state index is 14.2. The van der Waals surface area contributed by atoms with Gasteiger partial charge in [0, 0.05) is 47.3 Å². The third-order valence-corrected chi connectivity index (χ3v) is 8.61. The van der Waals surface area contributed by atoms with Crippen LogP contribution in [-0.4, -0.2) is 34.0 Å². The van der Waals surface area contributed by atoms with Crippen molar-refractivity contribution in [3.05, 3.63) is 127 Å². The Morgan fingerprint density at radius 1 is 0.867 bits per heavy atom. The minimum atomic E-state index is -3.31. The molecule has 7 nitrogen and oxygen atoms in total. The van der Waals surface area contributed by atoms with Crippen molar-refractivity contribution in [2.45, 2.75) is 18.7 Å². The van der Waals surface area contributed by atoms with Crippen LogP contribution in [0, 0.1) is 31.8 Å². The van der Waals surface area contributed by atoms with E-state index in [1.807, 2.05) is 73.1 Å². The van der Waals surface area contributed by atoms with Gasteiger partial charge in [0.1, 0.15) is 11.6 Å². The fraction of sp³-hybridized carbons (Fsp3) is 0.0857. The standard InChI is InChI=1S/C35H25FN4O3S.Pt/c1-22-15-29(44(3,41)42)16-23(2)35(22)24-20-38-39(21-24)26-7-6-8-27(18-26)43-28-11-12-31-30-9-4-5-10-32(30)40(33(31)19-28)34-17-25(36)13-14-37-34;/h4-17,20-21H,1-3H3;/q-2;+2. The van der Waals surface area contributed by atoms with Gasteiger partial charge in [-0.2, -0.15) is 17.2 Å². The third-order valence-electron chi connectivity index (χ3n) is 7.52. The summed E-state index contributed by atoms with van der Waals surface area (Å²) in [6.45, 7) is 3.79. The summed E-state index contributed by atoms with van der Waals surface area (Å²) in [6.07, 6.45) is 6.28. The molecule has 7 rings (SSSR count). The Hall–Kier alpha value is -4.59. The molecule has 0 N–H and O–H groups in total. The molecule has 3 aromatic heterocycles. The Bertz CT molecular complexity index is 2320. The summed E-state index contributed by atoms with van der Waals surface area (Å²) in [5, 5.41) is 6.48. The van der Waals surface area contributed by atoms with E-state index in [0.717, 1.165) is 38.5 Å². The predicted molar refractivity (Wildman–Crippen MR) is 168 cm³/mol. The van der Waals surface area contributed by atoms with Crippen LogP contribution in [0.4, 0.5) is 4.39 Å². The smallest absolute Gasteiger partial charge is 0.509 e. The van der Waals surface area contributed by atoms with Crippen molar-refractivity contribution in [3.8, 4) is 34.1 Å². The van der Waals surface area contributed by atoms with Crippen LogP contribution >= 0.6 is 0 Å². The van der Waals surface area contributed by atoms with Gasteiger partial charge in [0.05, 0.1) is 11.1 Å². The quantitative estimate of drug-likeness (QED) is 0.162. The minimum absolute atomic E-state index is 0. The summed E-state index contributed by atoms with van der Waals surface area (Å²) >= 11 is 0. The molecule has 4 aromatic carbocycles. The molecule has 0 radical (unpaired) electrons. The molecule has 10 heteroatoms. The largest absolute Gasteiger partial charge is 2.00 e. The first-order valence-electron chi connectivity index (χ1n) is 13.8. The van der Waals surface area contributed by atoms with Crippen molar-refractivity contribution in [3.63, 3.8) is 0 Å². The number of halogens is 1. The number of rotatable bonds is 6. The Kier molecular flexibility index (Phi) is 7.93. The van der Waals surface area contributed by atoms with Crippen molar-refractivity contribution in [2.24, 2.45) is 0 Å². The molecule has 0 fully saturated rings. The number of pyridine rings is 1. The van der Waals surface area contributed by atoms with E-state index < -0.39 is 9.84 Å². The van der Waals surface area contributed by atoms with E-state index in [4.69, 9.17) is 4.74 Å². The molecule has 0 atom stereocenters. The number of para-hydroxylation sites is 1. The van der Waals surface area contributed by atoms with Gasteiger partial charge in [-0.05, 0) is 65.9 Å². The zero-order valence-electron chi connectivity index (χ0n) is 24.4. The summed E-state index contributed by atoms with van der Waals surface area (Å²) in [6, 6.07) is 29.9. The molecular weight excluding hydrogens is 771 g/mol. The van der Waals surface area contributed by atoms with E-state index in [2.05, 4.69) is 22.2 Å². The molecule has 0 unspecified atom stereocenters. The molecule has 226 valence electrons. The van der Waals surface area contributed by atoms with Crippen molar-refractivity contribution < 1.29 is 38.6 Å². The average molecular weight is 796 g/mol. The van der Waals surface area contributed by atoms with Crippen LogP contribution in [0.15, 0.2) is 102 Å². The SMILES string of the molecule is Cc1cc(S(C)(=O)=O)cc(C)c1-c1cnn(-c2[c-]c(Oc3[c-]c4c(cc3)c3ccccc3n4-c3cc(F)ccn3)ccc2)c1.[Pt+2]. The van der Waals surface area contributed by atoms with Crippen LogP contribution in [-0.2, 0) is 30.9 Å². The van der Waals surface area contributed by atoms with Crippen LogP contribution in [0.1, 0.15) is 11.1 Å². The first-order valence-corrected chi connectivity index (χ1v) is 15.7. The molecule has 0 aliphatic heterocycles. The number of ether oxygens (including phenoxy) is 1. The second-order valence-electron chi connectivity index (χ2n) is 10.6. The Morgan fingerprint density at radius 3 is 2.38 bits per heavy atom. The number of sulfone groups is 1. The first kappa shape index (κ1) is 30.4. The Labute approximate surface area is 274 Å². The summed E-state index contributed by atoms with van der Waals surface area (Å²) in [5.74, 6) is 0.998. The molecular formula is C35H25FN4O3PtS. The third kappa shape index (κ3) is 5.69. The zero-order chi connectivity index (χ0) is 30.6. The molecule has 7 aromatic rings. The van der Waals surface area contributed by atoms with Crippen molar-refractivity contribution >= 4 is 31.6 Å².